The summed E-state index contributed by atoms with van der Waals surface area (Å²) in [5.74, 6) is 1.71. The van der Waals surface area contributed by atoms with Gasteiger partial charge in [0.25, 0.3) is 0 Å². The van der Waals surface area contributed by atoms with Crippen LogP contribution in [0.5, 0.6) is 0 Å². The molecule has 2 aromatic rings. The maximum absolute atomic E-state index is 14.2. The number of hydrogen-bond acceptors (Lipinski definition) is 3. The fourth-order valence-electron chi connectivity index (χ4n) is 3.99. The number of hydrogen-bond donors (Lipinski definition) is 2. The zero-order valence-corrected chi connectivity index (χ0v) is 19.9. The molecule has 0 radical (unpaired) electrons. The topological polar surface area (TPSA) is 52.6 Å². The first kappa shape index (κ1) is 22.8. The molecule has 4 rings (SSSR count). The van der Waals surface area contributed by atoms with E-state index >= 15 is 0 Å². The smallest absolute Gasteiger partial charge is 0.191 e. The normalized spacial score (nSPS) is 17.4. The molecule has 0 amide bonds. The fourth-order valence-corrected chi connectivity index (χ4v) is 3.99. The quantitative estimate of drug-likeness (QED) is 0.324. The van der Waals surface area contributed by atoms with Crippen LogP contribution in [0.3, 0.4) is 0 Å². The molecule has 2 aliphatic rings. The zero-order chi connectivity index (χ0) is 20.1. The molecule has 0 bridgehead atoms. The van der Waals surface area contributed by atoms with Crippen molar-refractivity contribution in [3.63, 3.8) is 0 Å². The number of anilines is 1. The Hall–Kier alpha value is -1.90. The molecule has 0 atom stereocenters. The van der Waals surface area contributed by atoms with E-state index in [0.29, 0.717) is 13.1 Å². The van der Waals surface area contributed by atoms with Crippen molar-refractivity contribution < 1.29 is 4.39 Å². The lowest BCUT2D eigenvalue weighted by molar-refractivity contribution is 0.559. The van der Waals surface area contributed by atoms with Crippen LogP contribution in [0.25, 0.3) is 0 Å². The van der Waals surface area contributed by atoms with E-state index in [1.807, 2.05) is 25.3 Å². The molecule has 0 unspecified atom stereocenters. The van der Waals surface area contributed by atoms with E-state index in [-0.39, 0.29) is 35.2 Å². The number of rotatable bonds is 7. The summed E-state index contributed by atoms with van der Waals surface area (Å²) in [4.78, 5) is 11.6. The van der Waals surface area contributed by atoms with Gasteiger partial charge in [-0.3, -0.25) is 0 Å². The summed E-state index contributed by atoms with van der Waals surface area (Å²) >= 11 is 0. The molecule has 7 heteroatoms. The van der Waals surface area contributed by atoms with Crippen LogP contribution in [0.2, 0.25) is 0 Å². The molecule has 1 aliphatic carbocycles. The number of benzene rings is 1. The van der Waals surface area contributed by atoms with Gasteiger partial charge in [0.05, 0.1) is 6.54 Å². The SMILES string of the molecule is CCNC(=NCc1ccc(N2CCCC2)nc1)NCC1(c2ccccc2F)CC1.I. The minimum atomic E-state index is -0.113. The highest BCUT2D eigenvalue weighted by atomic mass is 127. The Bertz CT molecular complexity index is 845. The highest BCUT2D eigenvalue weighted by molar-refractivity contribution is 14.0. The maximum Gasteiger partial charge on any atom is 0.191 e. The molecular formula is C23H31FIN5. The predicted octanol–water partition coefficient (Wildman–Crippen LogP) is 4.23. The van der Waals surface area contributed by atoms with Crippen molar-refractivity contribution in [2.24, 2.45) is 4.99 Å². The maximum atomic E-state index is 14.2. The highest BCUT2D eigenvalue weighted by Crippen LogP contribution is 2.48. The molecule has 2 heterocycles. The van der Waals surface area contributed by atoms with Gasteiger partial charge in [0, 0.05) is 37.8 Å². The summed E-state index contributed by atoms with van der Waals surface area (Å²) in [6.45, 7) is 6.28. The molecule has 1 aromatic heterocycles. The van der Waals surface area contributed by atoms with Crippen LogP contribution in [0.4, 0.5) is 10.2 Å². The van der Waals surface area contributed by atoms with Crippen molar-refractivity contribution in [3.05, 3.63) is 59.5 Å². The van der Waals surface area contributed by atoms with E-state index in [0.717, 1.165) is 55.4 Å². The first-order chi connectivity index (χ1) is 14.2. The van der Waals surface area contributed by atoms with Gasteiger partial charge >= 0.3 is 0 Å². The fraction of sp³-hybridized carbons (Fsp3) is 0.478. The lowest BCUT2D eigenvalue weighted by atomic mass is 9.95. The molecule has 1 saturated carbocycles. The molecular weight excluding hydrogens is 492 g/mol. The van der Waals surface area contributed by atoms with Crippen LogP contribution in [-0.4, -0.2) is 37.1 Å². The number of aromatic nitrogens is 1. The second kappa shape index (κ2) is 10.4. The highest BCUT2D eigenvalue weighted by Gasteiger charge is 2.45. The Morgan fingerprint density at radius 3 is 2.53 bits per heavy atom. The summed E-state index contributed by atoms with van der Waals surface area (Å²) in [6.07, 6.45) is 6.42. The number of halogens is 2. The van der Waals surface area contributed by atoms with Gasteiger partial charge in [-0.1, -0.05) is 24.3 Å². The average molecular weight is 523 g/mol. The van der Waals surface area contributed by atoms with Gasteiger partial charge in [0.15, 0.2) is 5.96 Å². The van der Waals surface area contributed by atoms with Gasteiger partial charge in [-0.2, -0.15) is 0 Å². The van der Waals surface area contributed by atoms with Crippen LogP contribution in [-0.2, 0) is 12.0 Å². The van der Waals surface area contributed by atoms with Gasteiger partial charge in [-0.05, 0) is 55.9 Å². The molecule has 30 heavy (non-hydrogen) atoms. The van der Waals surface area contributed by atoms with E-state index in [2.05, 4.69) is 32.7 Å². The molecule has 162 valence electrons. The van der Waals surface area contributed by atoms with E-state index in [1.165, 1.54) is 12.8 Å². The summed E-state index contributed by atoms with van der Waals surface area (Å²) in [5.41, 5.74) is 1.78. The standard InChI is InChI=1S/C23H30FN5.HI/c1-2-25-22(28-17-23(11-12-23)19-7-3-4-8-20(19)24)27-16-18-9-10-21(26-15-18)29-13-5-6-14-29;/h3-4,7-10,15H,2,5-6,11-14,16-17H2,1H3,(H2,25,27,28);1H. The van der Waals surface area contributed by atoms with Crippen molar-refractivity contribution in [1.29, 1.82) is 0 Å². The molecule has 2 fully saturated rings. The van der Waals surface area contributed by atoms with E-state index in [1.54, 1.807) is 12.1 Å². The van der Waals surface area contributed by atoms with Crippen molar-refractivity contribution in [3.8, 4) is 0 Å². The van der Waals surface area contributed by atoms with Crippen LogP contribution in [0, 0.1) is 5.82 Å². The summed E-state index contributed by atoms with van der Waals surface area (Å²) in [6, 6.07) is 11.3. The first-order valence-corrected chi connectivity index (χ1v) is 10.7. The van der Waals surface area contributed by atoms with Crippen molar-refractivity contribution in [1.82, 2.24) is 15.6 Å². The van der Waals surface area contributed by atoms with E-state index in [9.17, 15) is 4.39 Å². The summed E-state index contributed by atoms with van der Waals surface area (Å²) < 4.78 is 14.2. The molecule has 0 spiro atoms. The molecule has 2 N–H and O–H groups in total. The third-order valence-electron chi connectivity index (χ3n) is 5.90. The Balaban J connectivity index is 0.00000256. The van der Waals surface area contributed by atoms with E-state index < -0.39 is 0 Å². The van der Waals surface area contributed by atoms with Gasteiger partial charge in [0.2, 0.25) is 0 Å². The van der Waals surface area contributed by atoms with Crippen molar-refractivity contribution in [2.75, 3.05) is 31.1 Å². The summed E-state index contributed by atoms with van der Waals surface area (Å²) in [5, 5.41) is 6.71. The Labute approximate surface area is 195 Å². The number of nitrogens with one attached hydrogen (secondary N) is 2. The van der Waals surface area contributed by atoms with Crippen LogP contribution < -0.4 is 15.5 Å². The summed E-state index contributed by atoms with van der Waals surface area (Å²) in [7, 11) is 0. The molecule has 1 aromatic carbocycles. The van der Waals surface area contributed by atoms with Crippen LogP contribution in [0.1, 0.15) is 43.7 Å². The van der Waals surface area contributed by atoms with Gasteiger partial charge in [-0.15, -0.1) is 24.0 Å². The monoisotopic (exact) mass is 523 g/mol. The average Bonchev–Trinajstić information content (AvgIpc) is 3.32. The number of guanidine groups is 1. The molecule has 1 aliphatic heterocycles. The van der Waals surface area contributed by atoms with Crippen LogP contribution in [0.15, 0.2) is 47.6 Å². The largest absolute Gasteiger partial charge is 0.357 e. The van der Waals surface area contributed by atoms with Crippen molar-refractivity contribution in [2.45, 2.75) is 44.6 Å². The second-order valence-electron chi connectivity index (χ2n) is 8.03. The lowest BCUT2D eigenvalue weighted by Gasteiger charge is -2.19. The molecule has 5 nitrogen and oxygen atoms in total. The Morgan fingerprint density at radius 2 is 1.90 bits per heavy atom. The van der Waals surface area contributed by atoms with Crippen LogP contribution >= 0.6 is 24.0 Å². The Kier molecular flexibility index (Phi) is 7.91. The first-order valence-electron chi connectivity index (χ1n) is 10.7. The van der Waals surface area contributed by atoms with Gasteiger partial charge < -0.3 is 15.5 Å². The lowest BCUT2D eigenvalue weighted by Crippen LogP contribution is -2.41. The van der Waals surface area contributed by atoms with Crippen molar-refractivity contribution >= 4 is 35.8 Å². The second-order valence-corrected chi connectivity index (χ2v) is 8.03. The third-order valence-corrected chi connectivity index (χ3v) is 5.90. The third kappa shape index (κ3) is 5.42. The molecule has 1 saturated heterocycles. The predicted molar refractivity (Wildman–Crippen MR) is 131 cm³/mol. The Morgan fingerprint density at radius 1 is 1.13 bits per heavy atom. The number of pyridine rings is 1. The minimum absolute atomic E-state index is 0. The number of nitrogens with zero attached hydrogens (tertiary/aromatic N) is 3. The van der Waals surface area contributed by atoms with Gasteiger partial charge in [0.1, 0.15) is 11.6 Å². The minimum Gasteiger partial charge on any atom is -0.357 e. The zero-order valence-electron chi connectivity index (χ0n) is 17.5. The number of aliphatic imine (C=N–C) groups is 1. The van der Waals surface area contributed by atoms with E-state index in [4.69, 9.17) is 4.99 Å². The van der Waals surface area contributed by atoms with Gasteiger partial charge in [-0.25, -0.2) is 14.4 Å².